The predicted octanol–water partition coefficient (Wildman–Crippen LogP) is 3.66. The monoisotopic (exact) mass is 217 g/mol. The summed E-state index contributed by atoms with van der Waals surface area (Å²) in [5.41, 5.74) is 2.73. The van der Waals surface area contributed by atoms with Gasteiger partial charge in [-0.1, -0.05) is 49.1 Å². The third-order valence-electron chi connectivity index (χ3n) is 3.69. The number of aryl methyl sites for hydroxylation is 1. The van der Waals surface area contributed by atoms with Crippen LogP contribution in [0, 0.1) is 12.8 Å². The Morgan fingerprint density at radius 2 is 1.94 bits per heavy atom. The number of nitrogens with one attached hydrogen (secondary N) is 1. The van der Waals surface area contributed by atoms with Crippen molar-refractivity contribution < 1.29 is 0 Å². The highest BCUT2D eigenvalue weighted by Crippen LogP contribution is 2.30. The average Bonchev–Trinajstić information content (AvgIpc) is 2.23. The van der Waals surface area contributed by atoms with Crippen molar-refractivity contribution in [1.29, 1.82) is 0 Å². The zero-order valence-corrected chi connectivity index (χ0v) is 10.5. The minimum absolute atomic E-state index is 0.659. The molecule has 1 heteroatoms. The van der Waals surface area contributed by atoms with Gasteiger partial charge in [0, 0.05) is 12.6 Å². The molecule has 1 aliphatic rings. The van der Waals surface area contributed by atoms with Crippen molar-refractivity contribution in [2.24, 2.45) is 5.92 Å². The molecule has 0 radical (unpaired) electrons. The molecule has 0 aliphatic heterocycles. The SMILES string of the molecule is Cc1ccc(CNC(C)CC2CCC2)cc1. The highest BCUT2D eigenvalue weighted by Gasteiger charge is 2.19. The van der Waals surface area contributed by atoms with Gasteiger partial charge in [0.2, 0.25) is 0 Å². The normalized spacial score (nSPS) is 18.1. The van der Waals surface area contributed by atoms with E-state index in [0.29, 0.717) is 6.04 Å². The fourth-order valence-electron chi connectivity index (χ4n) is 2.31. The largest absolute Gasteiger partial charge is 0.310 e. The Kier molecular flexibility index (Phi) is 4.00. The molecule has 2 rings (SSSR count). The molecule has 0 saturated heterocycles. The van der Waals surface area contributed by atoms with Crippen LogP contribution in [0.5, 0.6) is 0 Å². The maximum absolute atomic E-state index is 3.62. The van der Waals surface area contributed by atoms with Crippen LogP contribution in [-0.4, -0.2) is 6.04 Å². The molecule has 16 heavy (non-hydrogen) atoms. The number of rotatable bonds is 5. The van der Waals surface area contributed by atoms with Crippen molar-refractivity contribution >= 4 is 0 Å². The van der Waals surface area contributed by atoms with Crippen molar-refractivity contribution in [1.82, 2.24) is 5.32 Å². The number of hydrogen-bond acceptors (Lipinski definition) is 1. The van der Waals surface area contributed by atoms with Gasteiger partial charge in [-0.3, -0.25) is 0 Å². The third kappa shape index (κ3) is 3.34. The minimum atomic E-state index is 0.659. The zero-order chi connectivity index (χ0) is 11.4. The molecule has 1 saturated carbocycles. The maximum atomic E-state index is 3.62. The molecule has 1 N–H and O–H groups in total. The van der Waals surface area contributed by atoms with E-state index in [2.05, 4.69) is 43.4 Å². The summed E-state index contributed by atoms with van der Waals surface area (Å²) >= 11 is 0. The summed E-state index contributed by atoms with van der Waals surface area (Å²) in [6.45, 7) is 5.46. The molecule has 0 aromatic heterocycles. The van der Waals surface area contributed by atoms with Crippen LogP contribution >= 0.6 is 0 Å². The maximum Gasteiger partial charge on any atom is 0.0207 e. The van der Waals surface area contributed by atoms with Crippen molar-refractivity contribution in [3.05, 3.63) is 35.4 Å². The Morgan fingerprint density at radius 3 is 2.50 bits per heavy atom. The molecular weight excluding hydrogens is 194 g/mol. The quantitative estimate of drug-likeness (QED) is 0.793. The first kappa shape index (κ1) is 11.7. The van der Waals surface area contributed by atoms with Gasteiger partial charge in [0.1, 0.15) is 0 Å². The van der Waals surface area contributed by atoms with E-state index in [1.54, 1.807) is 0 Å². The van der Waals surface area contributed by atoms with E-state index in [4.69, 9.17) is 0 Å². The smallest absolute Gasteiger partial charge is 0.0207 e. The summed E-state index contributed by atoms with van der Waals surface area (Å²) in [6, 6.07) is 9.48. The Balaban J connectivity index is 1.71. The van der Waals surface area contributed by atoms with Gasteiger partial charge in [-0.25, -0.2) is 0 Å². The van der Waals surface area contributed by atoms with Crippen LogP contribution in [0.4, 0.5) is 0 Å². The van der Waals surface area contributed by atoms with Crippen LogP contribution in [-0.2, 0) is 6.54 Å². The van der Waals surface area contributed by atoms with Crippen LogP contribution < -0.4 is 5.32 Å². The predicted molar refractivity (Wildman–Crippen MR) is 69.4 cm³/mol. The van der Waals surface area contributed by atoms with E-state index in [1.807, 2.05) is 0 Å². The van der Waals surface area contributed by atoms with E-state index >= 15 is 0 Å². The van der Waals surface area contributed by atoms with E-state index < -0.39 is 0 Å². The third-order valence-corrected chi connectivity index (χ3v) is 3.69. The minimum Gasteiger partial charge on any atom is -0.310 e. The molecule has 1 fully saturated rings. The first-order valence-electron chi connectivity index (χ1n) is 6.53. The molecule has 0 bridgehead atoms. The van der Waals surface area contributed by atoms with Crippen molar-refractivity contribution in [3.8, 4) is 0 Å². The molecule has 88 valence electrons. The molecule has 0 heterocycles. The Morgan fingerprint density at radius 1 is 1.25 bits per heavy atom. The summed E-state index contributed by atoms with van der Waals surface area (Å²) in [7, 11) is 0. The first-order chi connectivity index (χ1) is 7.74. The van der Waals surface area contributed by atoms with E-state index in [-0.39, 0.29) is 0 Å². The van der Waals surface area contributed by atoms with Gasteiger partial charge in [0.05, 0.1) is 0 Å². The Bertz CT molecular complexity index is 311. The highest BCUT2D eigenvalue weighted by molar-refractivity contribution is 5.21. The fourth-order valence-corrected chi connectivity index (χ4v) is 2.31. The molecule has 1 atom stereocenters. The lowest BCUT2D eigenvalue weighted by Gasteiger charge is -2.28. The van der Waals surface area contributed by atoms with Crippen LogP contribution in [0.3, 0.4) is 0 Å². The van der Waals surface area contributed by atoms with Gasteiger partial charge < -0.3 is 5.32 Å². The summed E-state index contributed by atoms with van der Waals surface area (Å²) in [4.78, 5) is 0. The van der Waals surface area contributed by atoms with Gasteiger partial charge >= 0.3 is 0 Å². The lowest BCUT2D eigenvalue weighted by Crippen LogP contribution is -2.29. The van der Waals surface area contributed by atoms with Crippen LogP contribution in [0.1, 0.15) is 43.7 Å². The Labute approximate surface area is 99.3 Å². The standard InChI is InChI=1S/C15H23N/c1-12-6-8-15(9-7-12)11-16-13(2)10-14-4-3-5-14/h6-9,13-14,16H,3-5,10-11H2,1-2H3. The highest BCUT2D eigenvalue weighted by atomic mass is 14.9. The van der Waals surface area contributed by atoms with E-state index in [9.17, 15) is 0 Å². The second-order valence-corrected chi connectivity index (χ2v) is 5.30. The molecule has 1 aliphatic carbocycles. The topological polar surface area (TPSA) is 12.0 Å². The molecule has 1 nitrogen and oxygen atoms in total. The zero-order valence-electron chi connectivity index (χ0n) is 10.5. The van der Waals surface area contributed by atoms with Crippen LogP contribution in [0.25, 0.3) is 0 Å². The summed E-state index contributed by atoms with van der Waals surface area (Å²) in [5, 5.41) is 3.62. The van der Waals surface area contributed by atoms with E-state index in [1.165, 1.54) is 36.8 Å². The second-order valence-electron chi connectivity index (χ2n) is 5.30. The summed E-state index contributed by atoms with van der Waals surface area (Å²) in [5.74, 6) is 1.00. The number of hydrogen-bond donors (Lipinski definition) is 1. The van der Waals surface area contributed by atoms with Crippen LogP contribution in [0.15, 0.2) is 24.3 Å². The van der Waals surface area contributed by atoms with Gasteiger partial charge in [0.15, 0.2) is 0 Å². The molecule has 1 aromatic rings. The van der Waals surface area contributed by atoms with Gasteiger partial charge in [-0.15, -0.1) is 0 Å². The molecule has 1 aromatic carbocycles. The lowest BCUT2D eigenvalue weighted by atomic mass is 9.81. The Hall–Kier alpha value is -0.820. The summed E-state index contributed by atoms with van der Waals surface area (Å²) in [6.07, 6.45) is 5.72. The summed E-state index contributed by atoms with van der Waals surface area (Å²) < 4.78 is 0. The molecule has 1 unspecified atom stereocenters. The number of benzene rings is 1. The van der Waals surface area contributed by atoms with Crippen molar-refractivity contribution in [2.75, 3.05) is 0 Å². The van der Waals surface area contributed by atoms with Gasteiger partial charge in [-0.2, -0.15) is 0 Å². The molecule has 0 spiro atoms. The van der Waals surface area contributed by atoms with Gasteiger partial charge in [0.25, 0.3) is 0 Å². The second kappa shape index (κ2) is 5.49. The molecular formula is C15H23N. The average molecular weight is 217 g/mol. The van der Waals surface area contributed by atoms with Gasteiger partial charge in [-0.05, 0) is 31.7 Å². The van der Waals surface area contributed by atoms with E-state index in [0.717, 1.165) is 12.5 Å². The fraction of sp³-hybridized carbons (Fsp3) is 0.600. The van der Waals surface area contributed by atoms with Crippen molar-refractivity contribution in [2.45, 2.75) is 52.1 Å². The lowest BCUT2D eigenvalue weighted by molar-refractivity contribution is 0.265. The molecule has 0 amide bonds. The van der Waals surface area contributed by atoms with Crippen molar-refractivity contribution in [3.63, 3.8) is 0 Å². The van der Waals surface area contributed by atoms with Crippen LogP contribution in [0.2, 0.25) is 0 Å². The first-order valence-corrected chi connectivity index (χ1v) is 6.53.